The van der Waals surface area contributed by atoms with E-state index in [0.717, 1.165) is 36.7 Å². The fourth-order valence-electron chi connectivity index (χ4n) is 3.27. The topological polar surface area (TPSA) is 90.5 Å². The minimum absolute atomic E-state index is 0.0421. The molecule has 1 aliphatic rings. The Morgan fingerprint density at radius 2 is 1.83 bits per heavy atom. The van der Waals surface area contributed by atoms with Crippen LogP contribution in [0.3, 0.4) is 0 Å². The molecule has 8 nitrogen and oxygen atoms in total. The van der Waals surface area contributed by atoms with Crippen molar-refractivity contribution in [1.29, 1.82) is 0 Å². The molecule has 8 heteroatoms. The molecule has 0 bridgehead atoms. The lowest BCUT2D eigenvalue weighted by Gasteiger charge is -2.28. The first-order valence-corrected chi connectivity index (χ1v) is 8.21. The van der Waals surface area contributed by atoms with E-state index in [1.54, 1.807) is 12.7 Å². The predicted molar refractivity (Wildman–Crippen MR) is 87.0 cm³/mol. The lowest BCUT2D eigenvalue weighted by atomic mass is 9.91. The summed E-state index contributed by atoms with van der Waals surface area (Å²) in [5.41, 5.74) is 1.61. The summed E-state index contributed by atoms with van der Waals surface area (Å²) in [5, 5.41) is 15.9. The monoisotopic (exact) mass is 325 g/mol. The van der Waals surface area contributed by atoms with Crippen LogP contribution in [0.25, 0.3) is 11.0 Å². The fraction of sp³-hybridized carbons (Fsp3) is 0.438. The fourth-order valence-corrected chi connectivity index (χ4v) is 3.27. The molecule has 4 rings (SSSR count). The second kappa shape index (κ2) is 6.38. The molecule has 1 aromatic carbocycles. The Hall–Kier alpha value is -2.77. The molecule has 0 atom stereocenters. The van der Waals surface area contributed by atoms with Crippen LogP contribution in [0.15, 0.2) is 36.9 Å². The number of nitrogens with one attached hydrogen (secondary N) is 1. The van der Waals surface area contributed by atoms with Crippen molar-refractivity contribution in [3.63, 3.8) is 0 Å². The summed E-state index contributed by atoms with van der Waals surface area (Å²) in [5.74, 6) is -0.0421. The number of aromatic nitrogens is 6. The number of rotatable bonds is 4. The molecular formula is C16H19N7O. The maximum Gasteiger partial charge on any atom is 0.243 e. The molecule has 1 fully saturated rings. The van der Waals surface area contributed by atoms with E-state index in [9.17, 15) is 4.79 Å². The number of fused-ring (bicyclic) bond motifs is 1. The first kappa shape index (κ1) is 14.8. The highest BCUT2D eigenvalue weighted by molar-refractivity contribution is 5.77. The van der Waals surface area contributed by atoms with Gasteiger partial charge >= 0.3 is 0 Å². The van der Waals surface area contributed by atoms with Crippen LogP contribution in [-0.4, -0.2) is 41.7 Å². The van der Waals surface area contributed by atoms with Gasteiger partial charge in [-0.05, 0) is 37.8 Å². The number of carbonyl (C=O) groups excluding carboxylic acids is 1. The molecule has 1 saturated carbocycles. The molecular weight excluding hydrogens is 306 g/mol. The van der Waals surface area contributed by atoms with Gasteiger partial charge in [-0.2, -0.15) is 20.1 Å². The smallest absolute Gasteiger partial charge is 0.243 e. The molecule has 2 heterocycles. The van der Waals surface area contributed by atoms with E-state index in [0.29, 0.717) is 6.04 Å². The Balaban J connectivity index is 1.30. The van der Waals surface area contributed by atoms with Gasteiger partial charge in [0.05, 0.1) is 6.04 Å². The first-order chi connectivity index (χ1) is 11.8. The quantitative estimate of drug-likeness (QED) is 0.781. The zero-order valence-corrected chi connectivity index (χ0v) is 13.2. The zero-order chi connectivity index (χ0) is 16.4. The Morgan fingerprint density at radius 1 is 1.12 bits per heavy atom. The number of hydrogen-bond donors (Lipinski definition) is 1. The summed E-state index contributed by atoms with van der Waals surface area (Å²) in [4.78, 5) is 17.7. The summed E-state index contributed by atoms with van der Waals surface area (Å²) in [7, 11) is 0. The number of amides is 1. The third-order valence-corrected chi connectivity index (χ3v) is 4.49. The highest BCUT2D eigenvalue weighted by atomic mass is 16.2. The number of benzene rings is 1. The predicted octanol–water partition coefficient (Wildman–Crippen LogP) is 1.32. The van der Waals surface area contributed by atoms with Crippen LogP contribution < -0.4 is 5.32 Å². The maximum atomic E-state index is 12.2. The molecule has 1 N–H and O–H groups in total. The van der Waals surface area contributed by atoms with E-state index in [4.69, 9.17) is 0 Å². The van der Waals surface area contributed by atoms with Gasteiger partial charge < -0.3 is 5.32 Å². The van der Waals surface area contributed by atoms with Gasteiger partial charge in [0, 0.05) is 6.04 Å². The molecule has 2 aromatic heterocycles. The maximum absolute atomic E-state index is 12.2. The van der Waals surface area contributed by atoms with E-state index >= 15 is 0 Å². The zero-order valence-electron chi connectivity index (χ0n) is 13.2. The lowest BCUT2D eigenvalue weighted by molar-refractivity contribution is -0.123. The van der Waals surface area contributed by atoms with Crippen molar-refractivity contribution in [1.82, 2.24) is 35.1 Å². The average molecular weight is 325 g/mol. The van der Waals surface area contributed by atoms with Gasteiger partial charge in [-0.1, -0.05) is 12.1 Å². The van der Waals surface area contributed by atoms with Gasteiger partial charge in [-0.15, -0.1) is 0 Å². The van der Waals surface area contributed by atoms with E-state index in [-0.39, 0.29) is 18.5 Å². The molecule has 1 aliphatic carbocycles. The molecule has 0 aliphatic heterocycles. The molecule has 1 amide bonds. The standard InChI is InChI=1S/C16H19N7O/c24-16(9-23-20-14-3-1-2-4-15(14)21-23)19-12-5-7-13(8-6-12)22-11-17-10-18-22/h1-4,10-13H,5-9H2,(H,19,24). The van der Waals surface area contributed by atoms with Crippen LogP contribution >= 0.6 is 0 Å². The van der Waals surface area contributed by atoms with Gasteiger partial charge in [-0.25, -0.2) is 9.67 Å². The SMILES string of the molecule is O=C(Cn1nc2ccccc2n1)NC1CCC(n2cncn2)CC1. The van der Waals surface area contributed by atoms with E-state index < -0.39 is 0 Å². The van der Waals surface area contributed by atoms with Crippen LogP contribution in [0, 0.1) is 0 Å². The largest absolute Gasteiger partial charge is 0.352 e. The van der Waals surface area contributed by atoms with Crippen LogP contribution in [0.5, 0.6) is 0 Å². The summed E-state index contributed by atoms with van der Waals surface area (Å²) >= 11 is 0. The van der Waals surface area contributed by atoms with Crippen molar-refractivity contribution in [2.75, 3.05) is 0 Å². The van der Waals surface area contributed by atoms with Crippen LogP contribution in [0.1, 0.15) is 31.7 Å². The molecule has 0 saturated heterocycles. The van der Waals surface area contributed by atoms with Crippen LogP contribution in [-0.2, 0) is 11.3 Å². The van der Waals surface area contributed by atoms with E-state index in [1.807, 2.05) is 28.9 Å². The van der Waals surface area contributed by atoms with Crippen LogP contribution in [0.4, 0.5) is 0 Å². The highest BCUT2D eigenvalue weighted by Crippen LogP contribution is 2.27. The van der Waals surface area contributed by atoms with Crippen molar-refractivity contribution < 1.29 is 4.79 Å². The van der Waals surface area contributed by atoms with Crippen molar-refractivity contribution in [3.05, 3.63) is 36.9 Å². The van der Waals surface area contributed by atoms with Crippen molar-refractivity contribution >= 4 is 16.9 Å². The molecule has 124 valence electrons. The molecule has 0 unspecified atom stereocenters. The lowest BCUT2D eigenvalue weighted by Crippen LogP contribution is -2.40. The van der Waals surface area contributed by atoms with Gasteiger partial charge in [0.25, 0.3) is 0 Å². The average Bonchev–Trinajstić information content (AvgIpc) is 3.24. The van der Waals surface area contributed by atoms with Crippen molar-refractivity contribution in [2.45, 2.75) is 44.3 Å². The summed E-state index contributed by atoms with van der Waals surface area (Å²) in [6.07, 6.45) is 7.22. The third kappa shape index (κ3) is 3.12. The Morgan fingerprint density at radius 3 is 2.46 bits per heavy atom. The van der Waals surface area contributed by atoms with Gasteiger partial charge in [0.1, 0.15) is 30.2 Å². The Kier molecular flexibility index (Phi) is 3.94. The Labute approximate surface area is 138 Å². The summed E-state index contributed by atoms with van der Waals surface area (Å²) in [6, 6.07) is 8.20. The molecule has 3 aromatic rings. The summed E-state index contributed by atoms with van der Waals surface area (Å²) < 4.78 is 1.91. The normalized spacial score (nSPS) is 21.0. The number of hydrogen-bond acceptors (Lipinski definition) is 5. The number of nitrogens with zero attached hydrogens (tertiary/aromatic N) is 6. The van der Waals surface area contributed by atoms with Gasteiger partial charge in [0.15, 0.2) is 0 Å². The van der Waals surface area contributed by atoms with Crippen molar-refractivity contribution in [3.8, 4) is 0 Å². The van der Waals surface area contributed by atoms with Crippen LogP contribution in [0.2, 0.25) is 0 Å². The molecule has 24 heavy (non-hydrogen) atoms. The van der Waals surface area contributed by atoms with E-state index in [1.165, 1.54) is 4.80 Å². The number of carbonyl (C=O) groups is 1. The minimum Gasteiger partial charge on any atom is -0.352 e. The Bertz CT molecular complexity index is 785. The highest BCUT2D eigenvalue weighted by Gasteiger charge is 2.24. The van der Waals surface area contributed by atoms with Gasteiger partial charge in [-0.3, -0.25) is 4.79 Å². The summed E-state index contributed by atoms with van der Waals surface area (Å²) in [6.45, 7) is 0.150. The second-order valence-corrected chi connectivity index (χ2v) is 6.17. The van der Waals surface area contributed by atoms with E-state index in [2.05, 4.69) is 25.6 Å². The third-order valence-electron chi connectivity index (χ3n) is 4.49. The second-order valence-electron chi connectivity index (χ2n) is 6.17. The van der Waals surface area contributed by atoms with Crippen molar-refractivity contribution in [2.24, 2.45) is 0 Å². The molecule has 0 spiro atoms. The minimum atomic E-state index is -0.0421. The van der Waals surface area contributed by atoms with Gasteiger partial charge in [0.2, 0.25) is 5.91 Å². The molecule has 0 radical (unpaired) electrons. The first-order valence-electron chi connectivity index (χ1n) is 8.21.